The fourth-order valence-electron chi connectivity index (χ4n) is 2.57. The normalized spacial score (nSPS) is 18.6. The van der Waals surface area contributed by atoms with Gasteiger partial charge in [-0.05, 0) is 51.2 Å². The Balaban J connectivity index is 1.77. The molecule has 1 aliphatic heterocycles. The fourth-order valence-corrected chi connectivity index (χ4v) is 3.30. The molecule has 0 bridgehead atoms. The number of thiophene rings is 1. The van der Waals surface area contributed by atoms with Crippen molar-refractivity contribution in [1.82, 2.24) is 9.80 Å². The van der Waals surface area contributed by atoms with E-state index >= 15 is 0 Å². The summed E-state index contributed by atoms with van der Waals surface area (Å²) < 4.78 is 0. The molecular weight excluding hydrogens is 254 g/mol. The molecule has 0 aromatic carbocycles. The Morgan fingerprint density at radius 3 is 2.74 bits per heavy atom. The second-order valence-electron chi connectivity index (χ2n) is 5.82. The molecule has 0 atom stereocenters. The molecule has 108 valence electrons. The highest BCUT2D eigenvalue weighted by Crippen LogP contribution is 2.14. The summed E-state index contributed by atoms with van der Waals surface area (Å²) in [4.78, 5) is 6.60. The van der Waals surface area contributed by atoms with Crippen molar-refractivity contribution in [2.24, 2.45) is 5.73 Å². The van der Waals surface area contributed by atoms with E-state index in [0.717, 1.165) is 25.9 Å². The van der Waals surface area contributed by atoms with E-state index in [2.05, 4.69) is 41.2 Å². The highest BCUT2D eigenvalue weighted by atomic mass is 32.1. The topological polar surface area (TPSA) is 32.5 Å². The largest absolute Gasteiger partial charge is 0.328 e. The third kappa shape index (κ3) is 4.88. The zero-order valence-corrected chi connectivity index (χ0v) is 13.0. The Labute approximate surface area is 121 Å². The lowest BCUT2D eigenvalue weighted by molar-refractivity contribution is 0.150. The van der Waals surface area contributed by atoms with E-state index < -0.39 is 0 Å². The Kier molecular flexibility index (Phi) is 5.82. The second-order valence-corrected chi connectivity index (χ2v) is 6.85. The van der Waals surface area contributed by atoms with Crippen LogP contribution in [0.3, 0.4) is 0 Å². The smallest absolute Gasteiger partial charge is 0.0331 e. The van der Waals surface area contributed by atoms with Crippen molar-refractivity contribution in [3.63, 3.8) is 0 Å². The summed E-state index contributed by atoms with van der Waals surface area (Å²) in [5.74, 6) is 0. The molecule has 0 saturated carbocycles. The van der Waals surface area contributed by atoms with E-state index in [9.17, 15) is 0 Å². The van der Waals surface area contributed by atoms with Gasteiger partial charge < -0.3 is 10.6 Å². The molecule has 4 heteroatoms. The summed E-state index contributed by atoms with van der Waals surface area (Å²) in [5, 5.41) is 2.17. The molecule has 1 fully saturated rings. The zero-order valence-electron chi connectivity index (χ0n) is 12.2. The summed E-state index contributed by atoms with van der Waals surface area (Å²) in [6.45, 7) is 10.3. The van der Waals surface area contributed by atoms with Gasteiger partial charge in [0.1, 0.15) is 0 Å². The first-order chi connectivity index (χ1) is 9.15. The molecule has 1 aromatic rings. The third-order valence-electron chi connectivity index (χ3n) is 4.01. The Bertz CT molecular complexity index is 342. The molecule has 2 heterocycles. The van der Waals surface area contributed by atoms with Gasteiger partial charge in [0.05, 0.1) is 0 Å². The Hall–Kier alpha value is -0.420. The van der Waals surface area contributed by atoms with Gasteiger partial charge in [-0.25, -0.2) is 0 Å². The van der Waals surface area contributed by atoms with Gasteiger partial charge in [-0.15, -0.1) is 11.3 Å². The lowest BCUT2D eigenvalue weighted by Gasteiger charge is -2.33. The number of likely N-dealkylation sites (tertiary alicyclic amines) is 1. The minimum Gasteiger partial charge on any atom is -0.328 e. The standard InChI is InChI=1S/C15H27N3S/c1-13(2)18(12-15-4-3-11-19-15)10-9-17-7-5-14(16)6-8-17/h3-4,11,13-14H,5-10,12,16H2,1-2H3. The van der Waals surface area contributed by atoms with Crippen LogP contribution in [0.4, 0.5) is 0 Å². The highest BCUT2D eigenvalue weighted by Gasteiger charge is 2.17. The van der Waals surface area contributed by atoms with Crippen LogP contribution in [-0.4, -0.2) is 48.1 Å². The van der Waals surface area contributed by atoms with Crippen LogP contribution in [-0.2, 0) is 6.54 Å². The van der Waals surface area contributed by atoms with E-state index in [-0.39, 0.29) is 0 Å². The third-order valence-corrected chi connectivity index (χ3v) is 4.87. The van der Waals surface area contributed by atoms with Gasteiger partial charge in [0, 0.05) is 36.6 Å². The first kappa shape index (κ1) is 15.0. The summed E-state index contributed by atoms with van der Waals surface area (Å²) in [5.41, 5.74) is 5.96. The number of piperidine rings is 1. The van der Waals surface area contributed by atoms with Crippen LogP contribution in [0.1, 0.15) is 31.6 Å². The van der Waals surface area contributed by atoms with Crippen LogP contribution < -0.4 is 5.73 Å². The van der Waals surface area contributed by atoms with Crippen LogP contribution in [0.25, 0.3) is 0 Å². The first-order valence-corrected chi connectivity index (χ1v) is 8.27. The molecule has 1 aliphatic rings. The molecule has 0 aliphatic carbocycles. The van der Waals surface area contributed by atoms with E-state index in [1.807, 2.05) is 11.3 Å². The van der Waals surface area contributed by atoms with Gasteiger partial charge in [0.2, 0.25) is 0 Å². The molecular formula is C15H27N3S. The maximum atomic E-state index is 5.96. The van der Waals surface area contributed by atoms with Crippen molar-refractivity contribution >= 4 is 11.3 Å². The maximum absolute atomic E-state index is 5.96. The van der Waals surface area contributed by atoms with Crippen molar-refractivity contribution < 1.29 is 0 Å². The quantitative estimate of drug-likeness (QED) is 0.869. The number of nitrogens with zero attached hydrogens (tertiary/aromatic N) is 2. The molecule has 0 unspecified atom stereocenters. The highest BCUT2D eigenvalue weighted by molar-refractivity contribution is 7.09. The summed E-state index contributed by atoms with van der Waals surface area (Å²) in [7, 11) is 0. The summed E-state index contributed by atoms with van der Waals surface area (Å²) >= 11 is 1.86. The van der Waals surface area contributed by atoms with Gasteiger partial charge >= 0.3 is 0 Å². The predicted molar refractivity (Wildman–Crippen MR) is 83.5 cm³/mol. The lowest BCUT2D eigenvalue weighted by atomic mass is 10.1. The molecule has 19 heavy (non-hydrogen) atoms. The molecule has 0 radical (unpaired) electrons. The average molecular weight is 281 g/mol. The molecule has 0 spiro atoms. The van der Waals surface area contributed by atoms with Crippen molar-refractivity contribution in [3.8, 4) is 0 Å². The molecule has 2 rings (SSSR count). The molecule has 1 saturated heterocycles. The predicted octanol–water partition coefficient (Wildman–Crippen LogP) is 2.38. The van der Waals surface area contributed by atoms with Gasteiger partial charge in [-0.2, -0.15) is 0 Å². The summed E-state index contributed by atoms with van der Waals surface area (Å²) in [6, 6.07) is 5.42. The van der Waals surface area contributed by atoms with E-state index in [1.165, 1.54) is 24.5 Å². The average Bonchev–Trinajstić information content (AvgIpc) is 2.89. The van der Waals surface area contributed by atoms with Crippen LogP contribution >= 0.6 is 11.3 Å². The fraction of sp³-hybridized carbons (Fsp3) is 0.733. The number of rotatable bonds is 6. The van der Waals surface area contributed by atoms with Crippen molar-refractivity contribution in [2.45, 2.75) is 45.3 Å². The van der Waals surface area contributed by atoms with Gasteiger partial charge in [-0.1, -0.05) is 6.07 Å². The maximum Gasteiger partial charge on any atom is 0.0331 e. The number of hydrogen-bond acceptors (Lipinski definition) is 4. The first-order valence-electron chi connectivity index (χ1n) is 7.39. The van der Waals surface area contributed by atoms with E-state index in [1.54, 1.807) is 0 Å². The molecule has 3 nitrogen and oxygen atoms in total. The monoisotopic (exact) mass is 281 g/mol. The Morgan fingerprint density at radius 1 is 1.42 bits per heavy atom. The molecule has 2 N–H and O–H groups in total. The van der Waals surface area contributed by atoms with Crippen LogP contribution in [0.5, 0.6) is 0 Å². The summed E-state index contributed by atoms with van der Waals surface area (Å²) in [6.07, 6.45) is 2.32. The second kappa shape index (κ2) is 7.39. The van der Waals surface area contributed by atoms with Gasteiger partial charge in [0.15, 0.2) is 0 Å². The van der Waals surface area contributed by atoms with E-state index in [0.29, 0.717) is 12.1 Å². The SMILES string of the molecule is CC(C)N(CCN1CCC(N)CC1)Cc1cccs1. The molecule has 1 aromatic heterocycles. The molecule has 0 amide bonds. The zero-order chi connectivity index (χ0) is 13.7. The van der Waals surface area contributed by atoms with Crippen molar-refractivity contribution in [3.05, 3.63) is 22.4 Å². The lowest BCUT2D eigenvalue weighted by Crippen LogP contribution is -2.44. The van der Waals surface area contributed by atoms with Gasteiger partial charge in [-0.3, -0.25) is 4.90 Å². The number of nitrogens with two attached hydrogens (primary N) is 1. The minimum absolute atomic E-state index is 0.434. The van der Waals surface area contributed by atoms with E-state index in [4.69, 9.17) is 5.73 Å². The van der Waals surface area contributed by atoms with Crippen LogP contribution in [0.15, 0.2) is 17.5 Å². The van der Waals surface area contributed by atoms with Crippen LogP contribution in [0.2, 0.25) is 0 Å². The van der Waals surface area contributed by atoms with Crippen LogP contribution in [0, 0.1) is 0 Å². The van der Waals surface area contributed by atoms with Crippen molar-refractivity contribution in [1.29, 1.82) is 0 Å². The van der Waals surface area contributed by atoms with Crippen molar-refractivity contribution in [2.75, 3.05) is 26.2 Å². The minimum atomic E-state index is 0.434. The Morgan fingerprint density at radius 2 is 2.16 bits per heavy atom. The van der Waals surface area contributed by atoms with Gasteiger partial charge in [0.25, 0.3) is 0 Å². The number of hydrogen-bond donors (Lipinski definition) is 1.